The molecule has 0 spiro atoms. The van der Waals surface area contributed by atoms with E-state index >= 15 is 0 Å². The smallest absolute Gasteiger partial charge is 0.227 e. The Bertz CT molecular complexity index is 639. The Balaban J connectivity index is 0.00000182. The lowest BCUT2D eigenvalue weighted by Crippen LogP contribution is -2.48. The van der Waals surface area contributed by atoms with Crippen molar-refractivity contribution in [3.63, 3.8) is 0 Å². The monoisotopic (exact) mass is 363 g/mol. The Kier molecular flexibility index (Phi) is 5.64. The first-order chi connectivity index (χ1) is 11.7. The lowest BCUT2D eigenvalue weighted by Gasteiger charge is -2.31. The number of aryl methyl sites for hydroxylation is 1. The summed E-state index contributed by atoms with van der Waals surface area (Å²) in [6.07, 6.45) is 6.25. The number of amides is 2. The zero-order valence-electron chi connectivity index (χ0n) is 14.4. The first kappa shape index (κ1) is 18.2. The number of rotatable bonds is 4. The van der Waals surface area contributed by atoms with Gasteiger partial charge in [-0.2, -0.15) is 0 Å². The van der Waals surface area contributed by atoms with Crippen LogP contribution in [0.15, 0.2) is 24.3 Å². The van der Waals surface area contributed by atoms with E-state index in [0.717, 1.165) is 24.9 Å². The van der Waals surface area contributed by atoms with Crippen molar-refractivity contribution in [1.82, 2.24) is 10.6 Å². The van der Waals surface area contributed by atoms with Crippen LogP contribution in [0.5, 0.6) is 0 Å². The zero-order valence-corrected chi connectivity index (χ0v) is 15.2. The second kappa shape index (κ2) is 7.75. The molecule has 4 rings (SSSR count). The van der Waals surface area contributed by atoms with Crippen LogP contribution >= 0.6 is 12.4 Å². The molecule has 2 unspecified atom stereocenters. The predicted molar refractivity (Wildman–Crippen MR) is 100 cm³/mol. The van der Waals surface area contributed by atoms with E-state index in [-0.39, 0.29) is 24.2 Å². The Hall–Kier alpha value is -1.59. The van der Waals surface area contributed by atoms with Gasteiger partial charge < -0.3 is 15.5 Å². The van der Waals surface area contributed by atoms with Crippen molar-refractivity contribution in [2.45, 2.75) is 63.1 Å². The minimum Gasteiger partial charge on any atom is -0.353 e. The van der Waals surface area contributed by atoms with Crippen LogP contribution in [-0.2, 0) is 16.0 Å². The van der Waals surface area contributed by atoms with Crippen LogP contribution in [-0.4, -0.2) is 36.5 Å². The predicted octanol–water partition coefficient (Wildman–Crippen LogP) is 2.18. The van der Waals surface area contributed by atoms with E-state index in [1.807, 2.05) is 18.2 Å². The number of para-hydroxylation sites is 1. The molecule has 3 aliphatic heterocycles. The fourth-order valence-corrected chi connectivity index (χ4v) is 4.43. The van der Waals surface area contributed by atoms with E-state index in [1.54, 1.807) is 4.90 Å². The Morgan fingerprint density at radius 3 is 2.64 bits per heavy atom. The number of nitrogens with zero attached hydrogens (tertiary/aromatic N) is 1. The molecule has 5 nitrogen and oxygen atoms in total. The Morgan fingerprint density at radius 2 is 1.88 bits per heavy atom. The maximum Gasteiger partial charge on any atom is 0.227 e. The van der Waals surface area contributed by atoms with Crippen molar-refractivity contribution in [1.29, 1.82) is 0 Å². The van der Waals surface area contributed by atoms with Crippen molar-refractivity contribution in [3.8, 4) is 0 Å². The van der Waals surface area contributed by atoms with Gasteiger partial charge in [0.15, 0.2) is 0 Å². The number of hydrogen-bond donors (Lipinski definition) is 2. The Morgan fingerprint density at radius 1 is 1.16 bits per heavy atom. The number of anilines is 1. The lowest BCUT2D eigenvalue weighted by atomic mass is 9.99. The summed E-state index contributed by atoms with van der Waals surface area (Å²) in [6.45, 7) is 0.472. The summed E-state index contributed by atoms with van der Waals surface area (Å²) < 4.78 is 0. The highest BCUT2D eigenvalue weighted by molar-refractivity contribution is 5.97. The van der Waals surface area contributed by atoms with Gasteiger partial charge in [0.1, 0.15) is 0 Å². The second-order valence-electron chi connectivity index (χ2n) is 7.30. The Labute approximate surface area is 154 Å². The molecular weight excluding hydrogens is 338 g/mol. The third kappa shape index (κ3) is 3.98. The molecule has 2 N–H and O–H groups in total. The number of piperidine rings is 1. The van der Waals surface area contributed by atoms with Crippen molar-refractivity contribution >= 4 is 29.9 Å². The molecule has 1 aromatic carbocycles. The molecule has 2 fully saturated rings. The van der Waals surface area contributed by atoms with Crippen molar-refractivity contribution in [2.24, 2.45) is 0 Å². The van der Waals surface area contributed by atoms with Crippen molar-refractivity contribution in [2.75, 3.05) is 11.4 Å². The molecule has 2 saturated heterocycles. The fourth-order valence-electron chi connectivity index (χ4n) is 4.43. The molecule has 3 heterocycles. The zero-order chi connectivity index (χ0) is 16.5. The van der Waals surface area contributed by atoms with Gasteiger partial charge in [-0.3, -0.25) is 9.59 Å². The molecule has 6 heteroatoms. The summed E-state index contributed by atoms with van der Waals surface area (Å²) in [5.41, 5.74) is 2.17. The quantitative estimate of drug-likeness (QED) is 0.861. The second-order valence-corrected chi connectivity index (χ2v) is 7.30. The van der Waals surface area contributed by atoms with Crippen LogP contribution < -0.4 is 15.5 Å². The summed E-state index contributed by atoms with van der Waals surface area (Å²) in [6, 6.07) is 9.45. The van der Waals surface area contributed by atoms with Crippen LogP contribution in [0.1, 0.15) is 44.1 Å². The molecule has 2 bridgehead atoms. The van der Waals surface area contributed by atoms with Crippen LogP contribution in [0.2, 0.25) is 0 Å². The minimum atomic E-state index is 0. The molecular formula is C19H26ClN3O2. The van der Waals surface area contributed by atoms with Crippen LogP contribution in [0.4, 0.5) is 5.69 Å². The maximum atomic E-state index is 12.3. The summed E-state index contributed by atoms with van der Waals surface area (Å²) in [7, 11) is 0. The third-order valence-electron chi connectivity index (χ3n) is 5.59. The highest BCUT2D eigenvalue weighted by Gasteiger charge is 2.34. The van der Waals surface area contributed by atoms with Crippen LogP contribution in [0.3, 0.4) is 0 Å². The standard InChI is InChI=1S/C19H25N3O2.ClH/c23-18(21-16-11-14-6-7-15(12-16)20-14)9-10-22-17-4-2-1-3-13(17)5-8-19(22)24;/h1-4,14-16,20H,5-12H2,(H,21,23);1H. The normalized spacial score (nSPS) is 27.4. The minimum absolute atomic E-state index is 0. The molecule has 1 aromatic rings. The summed E-state index contributed by atoms with van der Waals surface area (Å²) in [4.78, 5) is 26.4. The van der Waals surface area contributed by atoms with Gasteiger partial charge >= 0.3 is 0 Å². The number of carbonyl (C=O) groups is 2. The van der Waals surface area contributed by atoms with Gasteiger partial charge in [0.25, 0.3) is 0 Å². The molecule has 0 aliphatic carbocycles. The molecule has 3 aliphatic rings. The molecule has 0 radical (unpaired) electrons. The first-order valence-corrected chi connectivity index (χ1v) is 9.13. The molecule has 136 valence electrons. The van der Waals surface area contributed by atoms with E-state index in [2.05, 4.69) is 16.7 Å². The number of hydrogen-bond acceptors (Lipinski definition) is 3. The van der Waals surface area contributed by atoms with E-state index in [9.17, 15) is 9.59 Å². The van der Waals surface area contributed by atoms with Gasteiger partial charge in [-0.15, -0.1) is 12.4 Å². The van der Waals surface area contributed by atoms with Gasteiger partial charge in [-0.25, -0.2) is 0 Å². The topological polar surface area (TPSA) is 61.4 Å². The van der Waals surface area contributed by atoms with Gasteiger partial charge in [-0.1, -0.05) is 18.2 Å². The summed E-state index contributed by atoms with van der Waals surface area (Å²) >= 11 is 0. The SMILES string of the molecule is Cl.O=C(CCN1C(=O)CCc2ccccc21)NC1CC2CCC(C1)N2. The van der Waals surface area contributed by atoms with E-state index in [1.165, 1.54) is 18.4 Å². The van der Waals surface area contributed by atoms with Gasteiger partial charge in [0.2, 0.25) is 11.8 Å². The summed E-state index contributed by atoms with van der Waals surface area (Å²) in [5.74, 6) is 0.193. The highest BCUT2D eigenvalue weighted by atomic mass is 35.5. The van der Waals surface area contributed by atoms with Crippen LogP contribution in [0, 0.1) is 0 Å². The number of fused-ring (bicyclic) bond motifs is 3. The number of nitrogens with one attached hydrogen (secondary N) is 2. The van der Waals surface area contributed by atoms with Gasteiger partial charge in [-0.05, 0) is 43.7 Å². The number of carbonyl (C=O) groups excluding carboxylic acids is 2. The van der Waals surface area contributed by atoms with Gasteiger partial charge in [0, 0.05) is 43.2 Å². The third-order valence-corrected chi connectivity index (χ3v) is 5.59. The van der Waals surface area contributed by atoms with Crippen molar-refractivity contribution < 1.29 is 9.59 Å². The fraction of sp³-hybridized carbons (Fsp3) is 0.579. The average molecular weight is 364 g/mol. The summed E-state index contributed by atoms with van der Waals surface area (Å²) in [5, 5.41) is 6.77. The highest BCUT2D eigenvalue weighted by Crippen LogP contribution is 2.28. The first-order valence-electron chi connectivity index (χ1n) is 9.13. The van der Waals surface area contributed by atoms with E-state index in [0.29, 0.717) is 37.5 Å². The van der Waals surface area contributed by atoms with E-state index < -0.39 is 0 Å². The molecule has 0 saturated carbocycles. The van der Waals surface area contributed by atoms with Crippen molar-refractivity contribution in [3.05, 3.63) is 29.8 Å². The number of benzene rings is 1. The molecule has 0 aromatic heterocycles. The molecule has 25 heavy (non-hydrogen) atoms. The largest absolute Gasteiger partial charge is 0.353 e. The van der Waals surface area contributed by atoms with Crippen LogP contribution in [0.25, 0.3) is 0 Å². The molecule has 2 atom stereocenters. The van der Waals surface area contributed by atoms with Gasteiger partial charge in [0.05, 0.1) is 0 Å². The number of halogens is 1. The molecule has 2 amide bonds. The average Bonchev–Trinajstić information content (AvgIpc) is 2.92. The maximum absolute atomic E-state index is 12.3. The lowest BCUT2D eigenvalue weighted by molar-refractivity contribution is -0.122. The van der Waals surface area contributed by atoms with E-state index in [4.69, 9.17) is 0 Å².